The molecule has 1 aromatic heterocycles. The van der Waals surface area contributed by atoms with Gasteiger partial charge in [0.15, 0.2) is 5.75 Å². The second kappa shape index (κ2) is 6.21. The molecule has 7 heteroatoms. The highest BCUT2D eigenvalue weighted by Gasteiger charge is 2.23. The molecule has 0 aliphatic rings. The van der Waals surface area contributed by atoms with Gasteiger partial charge in [-0.25, -0.2) is 0 Å². The first-order valence-corrected chi connectivity index (χ1v) is 6.89. The van der Waals surface area contributed by atoms with Gasteiger partial charge in [0.2, 0.25) is 0 Å². The predicted molar refractivity (Wildman–Crippen MR) is 76.8 cm³/mol. The van der Waals surface area contributed by atoms with Crippen LogP contribution in [-0.4, -0.2) is 26.9 Å². The molecule has 1 heterocycles. The minimum Gasteiger partial charge on any atom is -0.486 e. The lowest BCUT2D eigenvalue weighted by Gasteiger charge is -2.08. The number of hydrogen-bond acceptors (Lipinski definition) is 4. The number of benzene rings is 1. The maximum Gasteiger partial charge on any atom is 0.511 e. The Hall–Kier alpha value is -1.06. The average Bonchev–Trinajstić information content (AvgIpc) is 2.80. The van der Waals surface area contributed by atoms with Crippen LogP contribution in [0.2, 0.25) is 0 Å². The van der Waals surface area contributed by atoms with Crippen LogP contribution in [0.1, 0.15) is 5.56 Å². The number of alkyl halides is 1. The van der Waals surface area contributed by atoms with Gasteiger partial charge in [-0.1, -0.05) is 52.9 Å². The molecule has 5 nitrogen and oxygen atoms in total. The molecule has 0 unspecified atom stereocenters. The zero-order valence-electron chi connectivity index (χ0n) is 9.53. The first-order valence-electron chi connectivity index (χ1n) is 5.37. The van der Waals surface area contributed by atoms with Gasteiger partial charge in [0.05, 0.1) is 10.7 Å². The largest absolute Gasteiger partial charge is 0.511 e. The number of rotatable bonds is 5. The van der Waals surface area contributed by atoms with E-state index in [4.69, 9.17) is 4.74 Å². The lowest BCUT2D eigenvalue weighted by molar-refractivity contribution is 0.306. The summed E-state index contributed by atoms with van der Waals surface area (Å²) in [4.78, 5) is 0. The van der Waals surface area contributed by atoms with Crippen molar-refractivity contribution < 1.29 is 14.8 Å². The third-order valence-electron chi connectivity index (χ3n) is 2.44. The molecular weight excluding hydrogens is 346 g/mol. The van der Waals surface area contributed by atoms with Gasteiger partial charge in [-0.15, -0.1) is 0 Å². The van der Waals surface area contributed by atoms with Crippen LogP contribution in [0.3, 0.4) is 0 Å². The van der Waals surface area contributed by atoms with Gasteiger partial charge in [-0.3, -0.25) is 4.68 Å². The molecule has 94 valence electrons. The number of aromatic nitrogens is 2. The summed E-state index contributed by atoms with van der Waals surface area (Å²) in [6.45, 7) is 0.369. The molecule has 0 saturated carbocycles. The molecule has 1 aromatic carbocycles. The Morgan fingerprint density at radius 2 is 2.00 bits per heavy atom. The van der Waals surface area contributed by atoms with Gasteiger partial charge in [-0.05, 0) is 5.56 Å². The van der Waals surface area contributed by atoms with Crippen molar-refractivity contribution in [3.05, 3.63) is 42.1 Å². The van der Waals surface area contributed by atoms with Crippen molar-refractivity contribution in [1.29, 1.82) is 0 Å². The number of hydrogen-bond donors (Lipinski definition) is 2. The van der Waals surface area contributed by atoms with Crippen LogP contribution in [0.15, 0.2) is 36.5 Å². The standard InChI is InChI=1S/C11H12BIN2O3/c13-8-15-11(12(16)17)10(6-14-15)18-7-9-4-2-1-3-5-9/h1-6,16-17H,7-8H2. The topological polar surface area (TPSA) is 67.5 Å². The average molecular weight is 358 g/mol. The first-order chi connectivity index (χ1) is 8.72. The van der Waals surface area contributed by atoms with E-state index in [1.54, 1.807) is 0 Å². The Morgan fingerprint density at radius 3 is 2.61 bits per heavy atom. The van der Waals surface area contributed by atoms with Crippen LogP contribution in [0.25, 0.3) is 0 Å². The third-order valence-corrected chi connectivity index (χ3v) is 3.09. The van der Waals surface area contributed by atoms with Gasteiger partial charge < -0.3 is 14.8 Å². The van der Waals surface area contributed by atoms with Crippen molar-refractivity contribution in [2.75, 3.05) is 0 Å². The second-order valence-electron chi connectivity index (χ2n) is 3.66. The van der Waals surface area contributed by atoms with Crippen LogP contribution in [0, 0.1) is 0 Å². The van der Waals surface area contributed by atoms with Crippen LogP contribution < -0.4 is 10.3 Å². The summed E-state index contributed by atoms with van der Waals surface area (Å²) in [6, 6.07) is 9.67. The predicted octanol–water partition coefficient (Wildman–Crippen LogP) is 0.534. The highest BCUT2D eigenvalue weighted by Crippen LogP contribution is 2.11. The molecule has 2 aromatic rings. The zero-order chi connectivity index (χ0) is 13.0. The van der Waals surface area contributed by atoms with Crippen LogP contribution in [0.5, 0.6) is 5.75 Å². The minimum absolute atomic E-state index is 0.278. The number of nitrogens with zero attached hydrogens (tertiary/aromatic N) is 2. The molecule has 0 saturated heterocycles. The molecule has 0 radical (unpaired) electrons. The molecule has 0 aliphatic carbocycles. The van der Waals surface area contributed by atoms with Crippen molar-refractivity contribution in [1.82, 2.24) is 9.78 Å². The summed E-state index contributed by atoms with van der Waals surface area (Å²) in [6.07, 6.45) is 1.50. The quantitative estimate of drug-likeness (QED) is 0.465. The second-order valence-corrected chi connectivity index (χ2v) is 4.34. The van der Waals surface area contributed by atoms with E-state index in [1.807, 2.05) is 30.3 Å². The van der Waals surface area contributed by atoms with Crippen LogP contribution in [-0.2, 0) is 11.2 Å². The van der Waals surface area contributed by atoms with E-state index in [9.17, 15) is 10.0 Å². The minimum atomic E-state index is -1.59. The Morgan fingerprint density at radius 1 is 1.28 bits per heavy atom. The summed E-state index contributed by atoms with van der Waals surface area (Å²) in [5.74, 6) is 0.394. The SMILES string of the molecule is OB(O)c1c(OCc2ccccc2)cnn1CI. The molecular formula is C11H12BIN2O3. The summed E-state index contributed by atoms with van der Waals surface area (Å²) >= 11 is 2.09. The Labute approximate surface area is 119 Å². The van der Waals surface area contributed by atoms with Gasteiger partial charge in [0, 0.05) is 0 Å². The fourth-order valence-electron chi connectivity index (χ4n) is 1.58. The molecule has 2 rings (SSSR count). The first kappa shape index (κ1) is 13.4. The summed E-state index contributed by atoms with van der Waals surface area (Å²) in [5, 5.41) is 22.7. The van der Waals surface area contributed by atoms with Crippen LogP contribution in [0.4, 0.5) is 0 Å². The highest BCUT2D eigenvalue weighted by atomic mass is 127. The molecule has 0 aliphatic heterocycles. The van der Waals surface area contributed by atoms with E-state index < -0.39 is 7.12 Å². The van der Waals surface area contributed by atoms with Crippen molar-refractivity contribution in [2.24, 2.45) is 0 Å². The van der Waals surface area contributed by atoms with E-state index in [2.05, 4.69) is 27.7 Å². The fourth-order valence-corrected chi connectivity index (χ4v) is 2.12. The van der Waals surface area contributed by atoms with E-state index in [0.717, 1.165) is 5.56 Å². The highest BCUT2D eigenvalue weighted by molar-refractivity contribution is 14.1. The molecule has 0 spiro atoms. The zero-order valence-corrected chi connectivity index (χ0v) is 11.7. The molecule has 2 N–H and O–H groups in total. The Bertz CT molecular complexity index is 504. The number of halogens is 1. The molecule has 0 bridgehead atoms. The Balaban J connectivity index is 2.12. The van der Waals surface area contributed by atoms with E-state index in [-0.39, 0.29) is 5.59 Å². The van der Waals surface area contributed by atoms with E-state index in [0.29, 0.717) is 16.9 Å². The monoisotopic (exact) mass is 358 g/mol. The fraction of sp³-hybridized carbons (Fsp3) is 0.182. The van der Waals surface area contributed by atoms with Gasteiger partial charge in [-0.2, -0.15) is 5.10 Å². The summed E-state index contributed by atoms with van der Waals surface area (Å²) < 4.78 is 7.58. The molecule has 0 amide bonds. The lowest BCUT2D eigenvalue weighted by atomic mass is 9.85. The van der Waals surface area contributed by atoms with Crippen molar-refractivity contribution >= 4 is 35.3 Å². The number of ether oxygens (including phenoxy) is 1. The Kier molecular flexibility index (Phi) is 4.62. The third kappa shape index (κ3) is 3.03. The van der Waals surface area contributed by atoms with Crippen molar-refractivity contribution in [3.63, 3.8) is 0 Å². The molecule has 0 atom stereocenters. The van der Waals surface area contributed by atoms with Gasteiger partial charge >= 0.3 is 7.12 Å². The molecule has 0 fully saturated rings. The normalized spacial score (nSPS) is 10.4. The molecule has 18 heavy (non-hydrogen) atoms. The summed E-state index contributed by atoms with van der Waals surface area (Å²) in [5.41, 5.74) is 1.29. The van der Waals surface area contributed by atoms with Crippen molar-refractivity contribution in [2.45, 2.75) is 11.2 Å². The van der Waals surface area contributed by atoms with Crippen LogP contribution >= 0.6 is 22.6 Å². The smallest absolute Gasteiger partial charge is 0.486 e. The lowest BCUT2D eigenvalue weighted by Crippen LogP contribution is -2.37. The van der Waals surface area contributed by atoms with Gasteiger partial charge in [0.1, 0.15) is 12.2 Å². The van der Waals surface area contributed by atoms with Crippen molar-refractivity contribution in [3.8, 4) is 5.75 Å². The van der Waals surface area contributed by atoms with Gasteiger partial charge in [0.25, 0.3) is 0 Å². The maximum atomic E-state index is 9.31. The van der Waals surface area contributed by atoms with E-state index in [1.165, 1.54) is 10.9 Å². The van der Waals surface area contributed by atoms with E-state index >= 15 is 0 Å². The maximum absolute atomic E-state index is 9.31. The summed E-state index contributed by atoms with van der Waals surface area (Å²) in [7, 11) is -1.59.